The largest absolute Gasteiger partial charge is 0.395 e. The molecule has 4 saturated heterocycles. The van der Waals surface area contributed by atoms with Crippen LogP contribution >= 0.6 is 15.9 Å². The smallest absolute Gasteiger partial charge is 0.245 e. The van der Waals surface area contributed by atoms with Crippen LogP contribution in [0.1, 0.15) is 12.0 Å². The van der Waals surface area contributed by atoms with Crippen LogP contribution in [-0.2, 0) is 30.4 Å². The summed E-state index contributed by atoms with van der Waals surface area (Å²) in [6, 6.07) is 8.67. The maximum absolute atomic E-state index is 13.6. The fourth-order valence-corrected chi connectivity index (χ4v) is 7.18. The number of ether oxygens (including phenoxy) is 2. The molecule has 6 atom stereocenters. The number of likely N-dealkylation sites (tertiary alicyclic amines) is 1. The quantitative estimate of drug-likeness (QED) is 0.345. The number of nitrogens with one attached hydrogen (secondary N) is 2. The van der Waals surface area contributed by atoms with Crippen molar-refractivity contribution < 1.29 is 29.0 Å². The summed E-state index contributed by atoms with van der Waals surface area (Å²) >= 11 is 3.66. The topological polar surface area (TPSA) is 120 Å². The third-order valence-corrected chi connectivity index (χ3v) is 8.67. The molecule has 1 aromatic carbocycles. The lowest BCUT2D eigenvalue weighted by Crippen LogP contribution is -2.57. The first-order chi connectivity index (χ1) is 17.5. The number of aliphatic hydroxyl groups excluding tert-OH is 1. The van der Waals surface area contributed by atoms with E-state index in [0.717, 1.165) is 18.7 Å². The van der Waals surface area contributed by atoms with Gasteiger partial charge in [-0.1, -0.05) is 46.3 Å². The molecule has 4 heterocycles. The van der Waals surface area contributed by atoms with Crippen LogP contribution in [0.25, 0.3) is 0 Å². The molecular weight excluding hydrogens is 532 g/mol. The third-order valence-electron chi connectivity index (χ3n) is 7.82. The average Bonchev–Trinajstić information content (AvgIpc) is 3.47. The van der Waals surface area contributed by atoms with Crippen molar-refractivity contribution in [1.82, 2.24) is 20.4 Å². The molecule has 2 bridgehead atoms. The summed E-state index contributed by atoms with van der Waals surface area (Å²) in [4.78, 5) is 44.0. The van der Waals surface area contributed by atoms with Gasteiger partial charge in [-0.3, -0.25) is 19.3 Å². The SMILES string of the molecule is O=C(NCCN1CCOCC1)C1N(CCO)C(=O)[C@@H]2[C@H](C(=O)NCc3ccccc3)[C@H]3OC12CC3Br. The molecule has 196 valence electrons. The van der Waals surface area contributed by atoms with Crippen molar-refractivity contribution >= 4 is 33.7 Å². The van der Waals surface area contributed by atoms with Crippen LogP contribution < -0.4 is 10.6 Å². The maximum Gasteiger partial charge on any atom is 0.245 e. The van der Waals surface area contributed by atoms with E-state index in [-0.39, 0.29) is 35.7 Å². The Morgan fingerprint density at radius 2 is 1.86 bits per heavy atom. The van der Waals surface area contributed by atoms with Gasteiger partial charge < -0.3 is 30.1 Å². The lowest BCUT2D eigenvalue weighted by atomic mass is 9.70. The number of benzene rings is 1. The molecule has 1 aromatic rings. The number of morpholine rings is 1. The normalized spacial score (nSPS) is 33.6. The number of fused-ring (bicyclic) bond motifs is 1. The highest BCUT2D eigenvalue weighted by atomic mass is 79.9. The second-order valence-electron chi connectivity index (χ2n) is 9.87. The standard InChI is InChI=1S/C25H33BrN4O6/c26-17-14-25-19(18(20(17)36-25)22(32)28-15-16-4-2-1-3-5-16)24(34)30(8-11-31)21(25)23(33)27-6-7-29-9-12-35-13-10-29/h1-5,17-21,31H,6-15H2,(H,27,33)(H,28,32)/t17?,18-,19-,20-,21?,25?/m0/s1. The molecule has 0 saturated carbocycles. The highest BCUT2D eigenvalue weighted by Gasteiger charge is 2.76. The van der Waals surface area contributed by atoms with Crippen LogP contribution in [0.5, 0.6) is 0 Å². The predicted molar refractivity (Wildman–Crippen MR) is 133 cm³/mol. The van der Waals surface area contributed by atoms with E-state index in [0.29, 0.717) is 39.3 Å². The number of hydrogen-bond acceptors (Lipinski definition) is 7. The number of β-amino-alcohol motifs (C(OH)–C–C–N with tert-alkyl or cyclic N) is 1. The number of aliphatic hydroxyl groups is 1. The van der Waals surface area contributed by atoms with Gasteiger partial charge in [-0.15, -0.1) is 0 Å². The predicted octanol–water partition coefficient (Wildman–Crippen LogP) is -0.508. The summed E-state index contributed by atoms with van der Waals surface area (Å²) in [5.74, 6) is -2.36. The van der Waals surface area contributed by atoms with Gasteiger partial charge in [0.2, 0.25) is 17.7 Å². The van der Waals surface area contributed by atoms with E-state index in [2.05, 4.69) is 31.5 Å². The molecular formula is C25H33BrN4O6. The summed E-state index contributed by atoms with van der Waals surface area (Å²) < 4.78 is 11.8. The number of carbonyl (C=O) groups is 3. The average molecular weight is 565 g/mol. The molecule has 0 aromatic heterocycles. The van der Waals surface area contributed by atoms with Crippen molar-refractivity contribution in [2.45, 2.75) is 35.5 Å². The van der Waals surface area contributed by atoms with E-state index < -0.39 is 29.6 Å². The van der Waals surface area contributed by atoms with Crippen LogP contribution in [0.15, 0.2) is 30.3 Å². The Labute approximate surface area is 218 Å². The first-order valence-electron chi connectivity index (χ1n) is 12.6. The van der Waals surface area contributed by atoms with E-state index in [9.17, 15) is 19.5 Å². The fraction of sp³-hybridized carbons (Fsp3) is 0.640. The van der Waals surface area contributed by atoms with Gasteiger partial charge in [-0.25, -0.2) is 0 Å². The lowest BCUT2D eigenvalue weighted by molar-refractivity contribution is -0.142. The number of halogens is 1. The van der Waals surface area contributed by atoms with E-state index in [1.165, 1.54) is 4.90 Å². The minimum atomic E-state index is -1.11. The van der Waals surface area contributed by atoms with Gasteiger partial charge in [0.1, 0.15) is 11.6 Å². The minimum absolute atomic E-state index is 0.0119. The second kappa shape index (κ2) is 10.7. The Kier molecular flexibility index (Phi) is 7.64. The molecule has 0 radical (unpaired) electrons. The molecule has 11 heteroatoms. The monoisotopic (exact) mass is 564 g/mol. The van der Waals surface area contributed by atoms with Crippen molar-refractivity contribution in [2.75, 3.05) is 52.5 Å². The molecule has 3 unspecified atom stereocenters. The highest BCUT2D eigenvalue weighted by molar-refractivity contribution is 9.09. The molecule has 4 aliphatic heterocycles. The first kappa shape index (κ1) is 25.6. The minimum Gasteiger partial charge on any atom is -0.395 e. The number of rotatable bonds is 9. The molecule has 1 spiro atoms. The number of amides is 3. The van der Waals surface area contributed by atoms with Gasteiger partial charge in [0, 0.05) is 44.1 Å². The zero-order chi connectivity index (χ0) is 25.3. The van der Waals surface area contributed by atoms with Gasteiger partial charge in [-0.05, 0) is 12.0 Å². The summed E-state index contributed by atoms with van der Waals surface area (Å²) in [6.07, 6.45) is -0.0605. The summed E-state index contributed by atoms with van der Waals surface area (Å²) in [5.41, 5.74) is -0.152. The van der Waals surface area contributed by atoms with Crippen LogP contribution in [0.3, 0.4) is 0 Å². The molecule has 3 amide bonds. The van der Waals surface area contributed by atoms with Gasteiger partial charge in [0.05, 0.1) is 37.8 Å². The van der Waals surface area contributed by atoms with Crippen LogP contribution in [0.4, 0.5) is 0 Å². The van der Waals surface area contributed by atoms with Crippen LogP contribution in [0, 0.1) is 11.8 Å². The Morgan fingerprint density at radius 3 is 2.58 bits per heavy atom. The number of alkyl halides is 1. The number of nitrogens with zero attached hydrogens (tertiary/aromatic N) is 2. The van der Waals surface area contributed by atoms with Crippen molar-refractivity contribution in [3.05, 3.63) is 35.9 Å². The van der Waals surface area contributed by atoms with E-state index >= 15 is 0 Å². The summed E-state index contributed by atoms with van der Waals surface area (Å²) in [5, 5.41) is 15.6. The van der Waals surface area contributed by atoms with Gasteiger partial charge in [0.15, 0.2) is 0 Å². The third kappa shape index (κ3) is 4.56. The summed E-state index contributed by atoms with van der Waals surface area (Å²) in [7, 11) is 0. The highest BCUT2D eigenvalue weighted by Crippen LogP contribution is 2.59. The zero-order valence-electron chi connectivity index (χ0n) is 20.1. The van der Waals surface area contributed by atoms with Crippen molar-refractivity contribution in [2.24, 2.45) is 11.8 Å². The van der Waals surface area contributed by atoms with Gasteiger partial charge in [-0.2, -0.15) is 0 Å². The fourth-order valence-electron chi connectivity index (χ4n) is 6.24. The Morgan fingerprint density at radius 1 is 1.11 bits per heavy atom. The zero-order valence-corrected chi connectivity index (χ0v) is 21.7. The first-order valence-corrected chi connectivity index (χ1v) is 13.5. The Hall–Kier alpha value is -2.05. The summed E-state index contributed by atoms with van der Waals surface area (Å²) in [6.45, 7) is 4.17. The number of carbonyl (C=O) groups excluding carboxylic acids is 3. The molecule has 3 N–H and O–H groups in total. The molecule has 5 rings (SSSR count). The van der Waals surface area contributed by atoms with E-state index in [1.807, 2.05) is 30.3 Å². The van der Waals surface area contributed by atoms with E-state index in [4.69, 9.17) is 9.47 Å². The molecule has 10 nitrogen and oxygen atoms in total. The van der Waals surface area contributed by atoms with Gasteiger partial charge >= 0.3 is 0 Å². The molecule has 4 fully saturated rings. The van der Waals surface area contributed by atoms with Crippen LogP contribution in [-0.4, -0.2) is 108 Å². The van der Waals surface area contributed by atoms with Crippen molar-refractivity contribution in [1.29, 1.82) is 0 Å². The van der Waals surface area contributed by atoms with E-state index in [1.54, 1.807) is 0 Å². The Balaban J connectivity index is 1.32. The maximum atomic E-state index is 13.6. The molecule has 4 aliphatic rings. The lowest BCUT2D eigenvalue weighted by Gasteiger charge is -2.34. The van der Waals surface area contributed by atoms with Crippen molar-refractivity contribution in [3.63, 3.8) is 0 Å². The Bertz CT molecular complexity index is 977. The molecule has 0 aliphatic carbocycles. The second-order valence-corrected chi connectivity index (χ2v) is 11.0. The van der Waals surface area contributed by atoms with Gasteiger partial charge in [0.25, 0.3) is 0 Å². The molecule has 36 heavy (non-hydrogen) atoms. The van der Waals surface area contributed by atoms with Crippen molar-refractivity contribution in [3.8, 4) is 0 Å². The number of hydrogen-bond donors (Lipinski definition) is 3. The van der Waals surface area contributed by atoms with Crippen LogP contribution in [0.2, 0.25) is 0 Å².